The van der Waals surface area contributed by atoms with Gasteiger partial charge in [-0.1, -0.05) is 24.3 Å². The number of para-hydroxylation sites is 1. The van der Waals surface area contributed by atoms with Crippen molar-refractivity contribution in [2.75, 3.05) is 11.9 Å². The van der Waals surface area contributed by atoms with E-state index in [0.717, 1.165) is 6.07 Å². The maximum Gasteiger partial charge on any atom is 0.418 e. The number of allylic oxidation sites excluding steroid dienone is 1. The van der Waals surface area contributed by atoms with Crippen LogP contribution in [0.1, 0.15) is 18.9 Å². The van der Waals surface area contributed by atoms with Crippen molar-refractivity contribution in [3.8, 4) is 0 Å². The minimum atomic E-state index is -4.49. The van der Waals surface area contributed by atoms with Gasteiger partial charge in [-0.15, -0.1) is 0 Å². The number of rotatable bonds is 4. The summed E-state index contributed by atoms with van der Waals surface area (Å²) in [5, 5.41) is 4.68. The topological polar surface area (TPSA) is 41.1 Å². The van der Waals surface area contributed by atoms with Crippen LogP contribution in [0.15, 0.2) is 36.4 Å². The van der Waals surface area contributed by atoms with Crippen LogP contribution in [0.4, 0.5) is 23.7 Å². The Morgan fingerprint density at radius 1 is 1.32 bits per heavy atom. The van der Waals surface area contributed by atoms with E-state index in [1.54, 1.807) is 0 Å². The maximum atomic E-state index is 12.7. The number of hydrogen-bond acceptors (Lipinski definition) is 1. The SMILES string of the molecule is C/C=C/CCNC(=O)Nc1ccccc1C(F)(F)F. The molecule has 0 saturated heterocycles. The van der Waals surface area contributed by atoms with E-state index in [0.29, 0.717) is 13.0 Å². The Labute approximate surface area is 109 Å². The smallest absolute Gasteiger partial charge is 0.338 e. The van der Waals surface area contributed by atoms with Gasteiger partial charge in [-0.2, -0.15) is 13.2 Å². The van der Waals surface area contributed by atoms with Gasteiger partial charge >= 0.3 is 12.2 Å². The summed E-state index contributed by atoms with van der Waals surface area (Å²) < 4.78 is 38.0. The molecule has 19 heavy (non-hydrogen) atoms. The van der Waals surface area contributed by atoms with Crippen LogP contribution in [0, 0.1) is 0 Å². The summed E-state index contributed by atoms with van der Waals surface area (Å²) in [5.41, 5.74) is -1.11. The normalized spacial score (nSPS) is 11.6. The van der Waals surface area contributed by atoms with Gasteiger partial charge in [0, 0.05) is 6.54 Å². The van der Waals surface area contributed by atoms with Crippen molar-refractivity contribution in [1.29, 1.82) is 0 Å². The average molecular weight is 272 g/mol. The zero-order valence-electron chi connectivity index (χ0n) is 10.4. The zero-order valence-corrected chi connectivity index (χ0v) is 10.4. The molecule has 1 rings (SSSR count). The van der Waals surface area contributed by atoms with Crippen LogP contribution in [0.5, 0.6) is 0 Å². The lowest BCUT2D eigenvalue weighted by Gasteiger charge is -2.13. The zero-order chi connectivity index (χ0) is 14.3. The summed E-state index contributed by atoms with van der Waals surface area (Å²) in [6.07, 6.45) is -0.178. The molecule has 1 aromatic carbocycles. The minimum absolute atomic E-state index is 0.251. The van der Waals surface area contributed by atoms with Crippen LogP contribution < -0.4 is 10.6 Å². The van der Waals surface area contributed by atoms with Gasteiger partial charge in [0.25, 0.3) is 0 Å². The molecule has 2 amide bonds. The monoisotopic (exact) mass is 272 g/mol. The number of alkyl halides is 3. The van der Waals surface area contributed by atoms with Crippen molar-refractivity contribution in [1.82, 2.24) is 5.32 Å². The number of urea groups is 1. The molecule has 104 valence electrons. The van der Waals surface area contributed by atoms with E-state index in [1.165, 1.54) is 18.2 Å². The predicted molar refractivity (Wildman–Crippen MR) is 67.9 cm³/mol. The molecule has 2 N–H and O–H groups in total. The highest BCUT2D eigenvalue weighted by Crippen LogP contribution is 2.34. The van der Waals surface area contributed by atoms with Gasteiger partial charge in [0.05, 0.1) is 11.3 Å². The van der Waals surface area contributed by atoms with Crippen molar-refractivity contribution >= 4 is 11.7 Å². The van der Waals surface area contributed by atoms with E-state index >= 15 is 0 Å². The summed E-state index contributed by atoms with van der Waals surface area (Å²) in [6, 6.07) is 4.20. The van der Waals surface area contributed by atoms with Crippen molar-refractivity contribution < 1.29 is 18.0 Å². The number of amides is 2. The van der Waals surface area contributed by atoms with E-state index in [9.17, 15) is 18.0 Å². The summed E-state index contributed by atoms with van der Waals surface area (Å²) in [7, 11) is 0. The van der Waals surface area contributed by atoms with Crippen molar-refractivity contribution in [3.05, 3.63) is 42.0 Å². The third-order valence-electron chi connectivity index (χ3n) is 2.31. The number of halogens is 3. The summed E-state index contributed by atoms with van der Waals surface area (Å²) >= 11 is 0. The number of carbonyl (C=O) groups is 1. The Hall–Kier alpha value is -1.98. The van der Waals surface area contributed by atoms with Gasteiger partial charge in [-0.3, -0.25) is 0 Å². The highest BCUT2D eigenvalue weighted by Gasteiger charge is 2.33. The van der Waals surface area contributed by atoms with Crippen LogP contribution in [0.2, 0.25) is 0 Å². The molecule has 6 heteroatoms. The third-order valence-corrected chi connectivity index (χ3v) is 2.31. The average Bonchev–Trinajstić information content (AvgIpc) is 2.34. The second-order valence-electron chi connectivity index (χ2n) is 3.78. The predicted octanol–water partition coefficient (Wildman–Crippen LogP) is 3.79. The van der Waals surface area contributed by atoms with Crippen LogP contribution in [-0.4, -0.2) is 12.6 Å². The molecular weight excluding hydrogens is 257 g/mol. The Balaban J connectivity index is 2.64. The number of benzene rings is 1. The standard InChI is InChI=1S/C13H15F3N2O/c1-2-3-6-9-17-12(19)18-11-8-5-4-7-10(11)13(14,15)16/h2-5,7-8H,6,9H2,1H3,(H2,17,18,19)/b3-2+. The lowest BCUT2D eigenvalue weighted by atomic mass is 10.1. The van der Waals surface area contributed by atoms with Crippen LogP contribution in [0.3, 0.4) is 0 Å². The molecule has 0 spiro atoms. The molecule has 0 saturated carbocycles. The van der Waals surface area contributed by atoms with E-state index in [2.05, 4.69) is 10.6 Å². The Morgan fingerprint density at radius 2 is 2.00 bits per heavy atom. The number of carbonyl (C=O) groups excluding carboxylic acids is 1. The molecule has 0 radical (unpaired) electrons. The molecule has 3 nitrogen and oxygen atoms in total. The summed E-state index contributed by atoms with van der Waals surface area (Å²) in [6.45, 7) is 2.21. The Morgan fingerprint density at radius 3 is 2.63 bits per heavy atom. The van der Waals surface area contributed by atoms with E-state index < -0.39 is 17.8 Å². The second kappa shape index (κ2) is 6.82. The van der Waals surface area contributed by atoms with Crippen molar-refractivity contribution in [3.63, 3.8) is 0 Å². The van der Waals surface area contributed by atoms with Gasteiger partial charge in [0.2, 0.25) is 0 Å². The largest absolute Gasteiger partial charge is 0.418 e. The van der Waals surface area contributed by atoms with Crippen LogP contribution in [-0.2, 0) is 6.18 Å². The summed E-state index contributed by atoms with van der Waals surface area (Å²) in [4.78, 5) is 11.4. The van der Waals surface area contributed by atoms with Crippen molar-refractivity contribution in [2.45, 2.75) is 19.5 Å². The molecule has 0 aromatic heterocycles. The molecular formula is C13H15F3N2O. The fraction of sp³-hybridized carbons (Fsp3) is 0.308. The van der Waals surface area contributed by atoms with Gasteiger partial charge in [0.15, 0.2) is 0 Å². The fourth-order valence-corrected chi connectivity index (χ4v) is 1.44. The lowest BCUT2D eigenvalue weighted by molar-refractivity contribution is -0.136. The first-order valence-corrected chi connectivity index (χ1v) is 5.77. The molecule has 0 heterocycles. The lowest BCUT2D eigenvalue weighted by Crippen LogP contribution is -2.30. The molecule has 0 fully saturated rings. The highest BCUT2D eigenvalue weighted by atomic mass is 19.4. The van der Waals surface area contributed by atoms with Gasteiger partial charge in [0.1, 0.15) is 0 Å². The minimum Gasteiger partial charge on any atom is -0.338 e. The van der Waals surface area contributed by atoms with Crippen molar-refractivity contribution in [2.24, 2.45) is 0 Å². The maximum absolute atomic E-state index is 12.7. The first-order valence-electron chi connectivity index (χ1n) is 5.77. The highest BCUT2D eigenvalue weighted by molar-refractivity contribution is 5.90. The van der Waals surface area contributed by atoms with E-state index in [-0.39, 0.29) is 5.69 Å². The molecule has 0 unspecified atom stereocenters. The molecule has 0 atom stereocenters. The Kier molecular flexibility index (Phi) is 5.41. The Bertz CT molecular complexity index is 455. The second-order valence-corrected chi connectivity index (χ2v) is 3.78. The van der Waals surface area contributed by atoms with E-state index in [4.69, 9.17) is 0 Å². The number of anilines is 1. The van der Waals surface area contributed by atoms with E-state index in [1.807, 2.05) is 19.1 Å². The van der Waals surface area contributed by atoms with Crippen LogP contribution >= 0.6 is 0 Å². The summed E-state index contributed by atoms with van der Waals surface area (Å²) in [5.74, 6) is 0. The molecule has 1 aromatic rings. The first kappa shape index (κ1) is 15.1. The van der Waals surface area contributed by atoms with Gasteiger partial charge in [-0.25, -0.2) is 4.79 Å². The fourth-order valence-electron chi connectivity index (χ4n) is 1.44. The number of nitrogens with one attached hydrogen (secondary N) is 2. The first-order chi connectivity index (χ1) is 8.95. The molecule has 0 aliphatic rings. The molecule has 0 aliphatic heterocycles. The number of hydrogen-bond donors (Lipinski definition) is 2. The third kappa shape index (κ3) is 5.03. The molecule has 0 aliphatic carbocycles. The van der Waals surface area contributed by atoms with Gasteiger partial charge < -0.3 is 10.6 Å². The van der Waals surface area contributed by atoms with Crippen LogP contribution in [0.25, 0.3) is 0 Å². The quantitative estimate of drug-likeness (QED) is 0.635. The molecule has 0 bridgehead atoms. The van der Waals surface area contributed by atoms with Gasteiger partial charge in [-0.05, 0) is 25.5 Å².